The number of hydrogen-bond acceptors (Lipinski definition) is 0. The van der Waals surface area contributed by atoms with E-state index in [0.717, 1.165) is 11.5 Å². The van der Waals surface area contributed by atoms with E-state index in [4.69, 9.17) is 23.2 Å². The molecule has 0 heterocycles. The Morgan fingerprint density at radius 2 is 1.15 bits per heavy atom. The number of fused-ring (bicyclic) bond motifs is 1. The quantitative estimate of drug-likeness (QED) is 0.348. The van der Waals surface area contributed by atoms with Crippen molar-refractivity contribution in [2.24, 2.45) is 0 Å². The SMILES string of the molecule is ClC1=C=C(Cl)C2=CC=CC=C[C]12.[F-].[F-].[Sb].[c]1ccccc1.[c]1ccccc1. The first kappa shape index (κ1) is 27.7. The molecule has 2 aliphatic carbocycles. The fraction of sp³-hybridized carbons (Fsp3) is 0. The number of hydrogen-bond donors (Lipinski definition) is 0. The van der Waals surface area contributed by atoms with E-state index < -0.39 is 0 Å². The summed E-state index contributed by atoms with van der Waals surface area (Å²) in [4.78, 5) is 0. The third kappa shape index (κ3) is 10.4. The fourth-order valence-corrected chi connectivity index (χ4v) is 2.41. The molecule has 0 nitrogen and oxygen atoms in total. The van der Waals surface area contributed by atoms with Crippen molar-refractivity contribution >= 4 is 47.6 Å². The third-order valence-corrected chi connectivity index (χ3v) is 3.54. The Balaban J connectivity index is 0. The van der Waals surface area contributed by atoms with Gasteiger partial charge in [0.2, 0.25) is 0 Å². The van der Waals surface area contributed by atoms with Crippen LogP contribution in [0.1, 0.15) is 0 Å². The Hall–Kier alpha value is -1.56. The van der Waals surface area contributed by atoms with Crippen LogP contribution in [0.5, 0.6) is 0 Å². The first-order valence-electron chi connectivity index (χ1n) is 7.36. The van der Waals surface area contributed by atoms with Crippen LogP contribution in [0, 0.1) is 18.1 Å². The topological polar surface area (TPSA) is 0 Å². The average Bonchev–Trinajstić information content (AvgIpc) is 2.84. The first-order valence-corrected chi connectivity index (χ1v) is 8.12. The predicted molar refractivity (Wildman–Crippen MR) is 108 cm³/mol. The number of halogens is 4. The van der Waals surface area contributed by atoms with Crippen LogP contribution >= 0.6 is 23.2 Å². The molecule has 0 atom stereocenters. The molecule has 0 amide bonds. The van der Waals surface area contributed by atoms with Crippen LogP contribution in [0.2, 0.25) is 0 Å². The molecule has 0 saturated heterocycles. The smallest absolute Gasteiger partial charge is 0.0882 e. The normalized spacial score (nSPS) is 13.0. The molecule has 138 valence electrons. The molecule has 4 rings (SSSR count). The van der Waals surface area contributed by atoms with Gasteiger partial charge < -0.3 is 9.41 Å². The van der Waals surface area contributed by atoms with Gasteiger partial charge in [0.1, 0.15) is 0 Å². The van der Waals surface area contributed by atoms with E-state index in [-0.39, 0.29) is 33.8 Å². The molecule has 6 radical (unpaired) electrons. The van der Waals surface area contributed by atoms with E-state index in [2.05, 4.69) is 17.9 Å². The summed E-state index contributed by atoms with van der Waals surface area (Å²) in [5.41, 5.74) is 3.81. The molecule has 0 N–H and O–H groups in total. The van der Waals surface area contributed by atoms with Gasteiger partial charge in [-0.25, -0.2) is 0 Å². The Morgan fingerprint density at radius 1 is 0.630 bits per heavy atom. The van der Waals surface area contributed by atoms with E-state index in [1.165, 1.54) is 0 Å². The summed E-state index contributed by atoms with van der Waals surface area (Å²) in [7, 11) is 0. The molecule has 0 unspecified atom stereocenters. The molecular weight excluding hydrogens is 495 g/mol. The molecule has 27 heavy (non-hydrogen) atoms. The monoisotopic (exact) mass is 508 g/mol. The van der Waals surface area contributed by atoms with Gasteiger partial charge in [-0.3, -0.25) is 0 Å². The van der Waals surface area contributed by atoms with Crippen LogP contribution in [0.25, 0.3) is 0 Å². The standard InChI is InChI=1S/C10H5Cl2.2C6H5.2FH.Sb/c11-9-6-10(12)8-5-3-1-2-4-7(8)9;2*1-2-4-6-5-3-1;;;/h1-5H;2*1-5H;2*1H;/p-2. The van der Waals surface area contributed by atoms with E-state index in [9.17, 15) is 0 Å². The number of rotatable bonds is 0. The fourth-order valence-electron chi connectivity index (χ4n) is 1.84. The maximum atomic E-state index is 5.90. The molecule has 0 aliphatic heterocycles. The summed E-state index contributed by atoms with van der Waals surface area (Å²) in [5.74, 6) is 0.951. The molecule has 0 spiro atoms. The summed E-state index contributed by atoms with van der Waals surface area (Å²) >= 11 is 11.8. The zero-order chi connectivity index (χ0) is 17.0. The molecule has 2 aromatic rings. The van der Waals surface area contributed by atoms with Crippen molar-refractivity contribution in [3.8, 4) is 0 Å². The Kier molecular flexibility index (Phi) is 17.0. The molecule has 0 fully saturated rings. The average molecular weight is 510 g/mol. The minimum absolute atomic E-state index is 0. The van der Waals surface area contributed by atoms with Crippen molar-refractivity contribution in [3.05, 3.63) is 130 Å². The molecule has 0 aromatic heterocycles. The van der Waals surface area contributed by atoms with Crippen molar-refractivity contribution in [1.29, 1.82) is 0 Å². The van der Waals surface area contributed by atoms with E-state index >= 15 is 0 Å². The van der Waals surface area contributed by atoms with Crippen molar-refractivity contribution in [3.63, 3.8) is 0 Å². The van der Waals surface area contributed by atoms with Gasteiger partial charge in [0, 0.05) is 24.4 Å². The van der Waals surface area contributed by atoms with E-state index in [0.29, 0.717) is 10.1 Å². The van der Waals surface area contributed by atoms with Crippen LogP contribution in [0.3, 0.4) is 0 Å². The number of allylic oxidation sites excluding steroid dienone is 7. The second-order valence-corrected chi connectivity index (χ2v) is 5.40. The summed E-state index contributed by atoms with van der Waals surface area (Å²) in [6, 6.07) is 25.0. The molecule has 5 heteroatoms. The van der Waals surface area contributed by atoms with E-state index in [1.807, 2.05) is 91.0 Å². The maximum absolute atomic E-state index is 5.90. The second-order valence-electron chi connectivity index (χ2n) is 4.65. The molecular formula is C22H15Cl2F2Sb-2. The van der Waals surface area contributed by atoms with Gasteiger partial charge in [0.25, 0.3) is 0 Å². The Labute approximate surface area is 186 Å². The van der Waals surface area contributed by atoms with Crippen molar-refractivity contribution in [2.45, 2.75) is 0 Å². The van der Waals surface area contributed by atoms with Crippen molar-refractivity contribution < 1.29 is 9.41 Å². The van der Waals surface area contributed by atoms with Gasteiger partial charge in [0.15, 0.2) is 0 Å². The van der Waals surface area contributed by atoms with Crippen LogP contribution in [0.4, 0.5) is 0 Å². The molecule has 2 aliphatic rings. The van der Waals surface area contributed by atoms with Crippen LogP contribution in [-0.2, 0) is 0 Å². The minimum Gasteiger partial charge on any atom is -1.00 e. The summed E-state index contributed by atoms with van der Waals surface area (Å²) in [6.45, 7) is 0. The predicted octanol–water partition coefficient (Wildman–Crippen LogP) is 0.0720. The minimum atomic E-state index is 0. The largest absolute Gasteiger partial charge is 1.00 e. The van der Waals surface area contributed by atoms with Gasteiger partial charge in [0.05, 0.1) is 16.0 Å². The Bertz CT molecular complexity index is 694. The molecule has 0 saturated carbocycles. The van der Waals surface area contributed by atoms with Crippen LogP contribution in [-0.4, -0.2) is 24.4 Å². The zero-order valence-corrected chi connectivity index (χ0v) is 18.2. The van der Waals surface area contributed by atoms with Crippen LogP contribution in [0.15, 0.2) is 112 Å². The van der Waals surface area contributed by atoms with Gasteiger partial charge in [-0.2, -0.15) is 0 Å². The summed E-state index contributed by atoms with van der Waals surface area (Å²) in [6.07, 6.45) is 9.66. The zero-order valence-electron chi connectivity index (χ0n) is 14.1. The van der Waals surface area contributed by atoms with Gasteiger partial charge >= 0.3 is 0 Å². The summed E-state index contributed by atoms with van der Waals surface area (Å²) in [5, 5.41) is 1.18. The maximum Gasteiger partial charge on any atom is 0.0882 e. The van der Waals surface area contributed by atoms with Crippen molar-refractivity contribution in [1.82, 2.24) is 0 Å². The number of benzene rings is 2. The van der Waals surface area contributed by atoms with Gasteiger partial charge in [-0.15, -0.1) is 0 Å². The van der Waals surface area contributed by atoms with E-state index in [1.54, 1.807) is 0 Å². The second kappa shape index (κ2) is 16.6. The first-order chi connectivity index (χ1) is 11.8. The van der Waals surface area contributed by atoms with Crippen LogP contribution < -0.4 is 9.41 Å². The van der Waals surface area contributed by atoms with Gasteiger partial charge in [-0.05, 0) is 17.7 Å². The Morgan fingerprint density at radius 3 is 1.56 bits per heavy atom. The molecule has 2 aromatic carbocycles. The van der Waals surface area contributed by atoms with Crippen molar-refractivity contribution in [2.75, 3.05) is 0 Å². The third-order valence-electron chi connectivity index (χ3n) is 2.94. The van der Waals surface area contributed by atoms with Gasteiger partial charge in [-0.1, -0.05) is 120 Å². The molecule has 0 bridgehead atoms. The summed E-state index contributed by atoms with van der Waals surface area (Å²) < 4.78 is 0.